The minimum absolute atomic E-state index is 0.0182. The normalized spacial score (nSPS) is 13.9. The average Bonchev–Trinajstić information content (AvgIpc) is 2.88. The molecule has 11 heteroatoms. The Hall–Kier alpha value is -4.28. The zero-order valence-corrected chi connectivity index (χ0v) is 20.4. The number of halogens is 2. The Labute approximate surface area is 211 Å². The number of aromatic nitrogens is 2. The molecule has 0 spiro atoms. The van der Waals surface area contributed by atoms with Crippen LogP contribution in [0.2, 0.25) is 0 Å². The van der Waals surface area contributed by atoms with E-state index in [1.807, 2.05) is 19.9 Å². The van der Waals surface area contributed by atoms with Gasteiger partial charge in [-0.05, 0) is 24.1 Å². The maximum Gasteiger partial charge on any atom is 0.277 e. The summed E-state index contributed by atoms with van der Waals surface area (Å²) in [4.78, 5) is 45.0. The molecule has 0 saturated carbocycles. The number of carbonyl (C=O) groups is 2. The van der Waals surface area contributed by atoms with Crippen molar-refractivity contribution >= 4 is 11.8 Å². The van der Waals surface area contributed by atoms with E-state index in [1.165, 1.54) is 16.9 Å². The number of pyridine rings is 2. The van der Waals surface area contributed by atoms with Gasteiger partial charge in [-0.25, -0.2) is 8.78 Å². The largest absolute Gasteiger partial charge is 0.502 e. The monoisotopic (exact) mass is 511 g/mol. The highest BCUT2D eigenvalue weighted by molar-refractivity contribution is 5.99. The van der Waals surface area contributed by atoms with Gasteiger partial charge in [0.2, 0.25) is 5.43 Å². The number of nitrogens with zero attached hydrogens (tertiary/aromatic N) is 4. The molecular weight excluding hydrogens is 484 g/mol. The number of amides is 2. The quantitative estimate of drug-likeness (QED) is 0.482. The van der Waals surface area contributed by atoms with E-state index in [0.29, 0.717) is 18.3 Å². The van der Waals surface area contributed by atoms with Crippen LogP contribution < -0.4 is 15.8 Å². The summed E-state index contributed by atoms with van der Waals surface area (Å²) in [5.41, 5.74) is -1.03. The van der Waals surface area contributed by atoms with Crippen LogP contribution in [0.5, 0.6) is 5.75 Å². The molecule has 1 aliphatic heterocycles. The molecule has 1 atom stereocenters. The summed E-state index contributed by atoms with van der Waals surface area (Å²) in [5.74, 6) is -3.70. The molecule has 2 aromatic heterocycles. The molecule has 1 aliphatic rings. The van der Waals surface area contributed by atoms with E-state index < -0.39 is 40.2 Å². The Morgan fingerprint density at radius 3 is 2.68 bits per heavy atom. The lowest BCUT2D eigenvalue weighted by molar-refractivity contribution is 0.0655. The van der Waals surface area contributed by atoms with Gasteiger partial charge in [0.05, 0.1) is 12.2 Å². The van der Waals surface area contributed by atoms with Crippen LogP contribution in [0.1, 0.15) is 52.4 Å². The van der Waals surface area contributed by atoms with Crippen molar-refractivity contribution in [2.45, 2.75) is 33.4 Å². The predicted molar refractivity (Wildman–Crippen MR) is 131 cm³/mol. The van der Waals surface area contributed by atoms with Crippen LogP contribution in [0.3, 0.4) is 0 Å². The molecule has 0 saturated heterocycles. The second-order valence-corrected chi connectivity index (χ2v) is 9.00. The summed E-state index contributed by atoms with van der Waals surface area (Å²) in [6.45, 7) is 4.46. The van der Waals surface area contributed by atoms with Crippen LogP contribution >= 0.6 is 0 Å². The molecule has 3 aromatic rings. The molecule has 37 heavy (non-hydrogen) atoms. The first-order valence-corrected chi connectivity index (χ1v) is 11.8. The molecule has 4 rings (SSSR count). The maximum absolute atomic E-state index is 14.0. The van der Waals surface area contributed by atoms with Gasteiger partial charge >= 0.3 is 0 Å². The molecule has 0 aliphatic carbocycles. The van der Waals surface area contributed by atoms with E-state index >= 15 is 0 Å². The molecule has 2 amide bonds. The van der Waals surface area contributed by atoms with Gasteiger partial charge in [-0.1, -0.05) is 32.4 Å². The number of fused-ring (bicyclic) bond motifs is 1. The van der Waals surface area contributed by atoms with Crippen LogP contribution in [0.15, 0.2) is 53.6 Å². The van der Waals surface area contributed by atoms with Crippen molar-refractivity contribution in [3.05, 3.63) is 93.2 Å². The van der Waals surface area contributed by atoms with Gasteiger partial charge in [0.25, 0.3) is 11.8 Å². The smallest absolute Gasteiger partial charge is 0.277 e. The van der Waals surface area contributed by atoms with Crippen molar-refractivity contribution in [2.75, 3.05) is 18.2 Å². The second-order valence-electron chi connectivity index (χ2n) is 9.00. The SMILES string of the molecule is CCC(C)CN1CN(Cc2ccccn2)n2cc(C(=O)NCc3ccc(F)cc3F)c(=O)c(O)c2C1=O. The molecular formula is C26H27F2N5O4. The van der Waals surface area contributed by atoms with Gasteiger partial charge in [-0.15, -0.1) is 0 Å². The van der Waals surface area contributed by atoms with Gasteiger partial charge in [0, 0.05) is 37.1 Å². The second kappa shape index (κ2) is 10.8. The van der Waals surface area contributed by atoms with Crippen molar-refractivity contribution in [3.8, 4) is 5.75 Å². The number of carbonyl (C=O) groups excluding carboxylic acids is 2. The van der Waals surface area contributed by atoms with E-state index in [-0.39, 0.29) is 36.9 Å². The summed E-state index contributed by atoms with van der Waals surface area (Å²) in [7, 11) is 0. The standard InChI is InChI=1S/C26H27F2N5O4/c1-3-16(2)12-31-15-32(13-19-6-4-5-9-29-19)33-14-20(23(34)24(35)22(33)26(31)37)25(36)30-11-17-7-8-18(27)10-21(17)28/h4-10,14,16,35H,3,11-13,15H2,1-2H3,(H,30,36). The molecule has 194 valence electrons. The Kier molecular flexibility index (Phi) is 7.51. The van der Waals surface area contributed by atoms with Gasteiger partial charge in [0.1, 0.15) is 23.9 Å². The highest BCUT2D eigenvalue weighted by Gasteiger charge is 2.35. The lowest BCUT2D eigenvalue weighted by atomic mass is 10.1. The minimum atomic E-state index is -1.03. The molecule has 0 bridgehead atoms. The topological polar surface area (TPSA) is 108 Å². The number of rotatable bonds is 8. The van der Waals surface area contributed by atoms with Crippen LogP contribution in [-0.4, -0.2) is 44.7 Å². The van der Waals surface area contributed by atoms with Crippen molar-refractivity contribution in [1.29, 1.82) is 0 Å². The van der Waals surface area contributed by atoms with Gasteiger partial charge in [0.15, 0.2) is 11.4 Å². The molecule has 1 unspecified atom stereocenters. The summed E-state index contributed by atoms with van der Waals surface area (Å²) in [6, 6.07) is 8.29. The van der Waals surface area contributed by atoms with Crippen molar-refractivity contribution in [3.63, 3.8) is 0 Å². The van der Waals surface area contributed by atoms with E-state index in [2.05, 4.69) is 10.3 Å². The number of benzene rings is 1. The molecule has 3 heterocycles. The average molecular weight is 512 g/mol. The van der Waals surface area contributed by atoms with E-state index in [1.54, 1.807) is 28.2 Å². The Balaban J connectivity index is 1.70. The number of hydrogen-bond acceptors (Lipinski definition) is 6. The van der Waals surface area contributed by atoms with Crippen LogP contribution in [0.25, 0.3) is 0 Å². The summed E-state index contributed by atoms with van der Waals surface area (Å²) < 4.78 is 28.4. The summed E-state index contributed by atoms with van der Waals surface area (Å²) in [5, 5.41) is 14.9. The van der Waals surface area contributed by atoms with Crippen molar-refractivity contribution in [2.24, 2.45) is 5.92 Å². The van der Waals surface area contributed by atoms with E-state index in [0.717, 1.165) is 12.5 Å². The lowest BCUT2D eigenvalue weighted by Crippen LogP contribution is -2.55. The minimum Gasteiger partial charge on any atom is -0.502 e. The number of aromatic hydroxyl groups is 1. The number of nitrogens with one attached hydrogen (secondary N) is 1. The zero-order valence-electron chi connectivity index (χ0n) is 20.4. The Bertz CT molecular complexity index is 1380. The fraction of sp³-hybridized carbons (Fsp3) is 0.308. The zero-order chi connectivity index (χ0) is 26.7. The maximum atomic E-state index is 14.0. The highest BCUT2D eigenvalue weighted by Crippen LogP contribution is 2.23. The van der Waals surface area contributed by atoms with Crippen molar-refractivity contribution < 1.29 is 23.5 Å². The third-order valence-electron chi connectivity index (χ3n) is 6.29. The predicted octanol–water partition coefficient (Wildman–Crippen LogP) is 2.75. The summed E-state index contributed by atoms with van der Waals surface area (Å²) >= 11 is 0. The number of hydrogen-bond donors (Lipinski definition) is 2. The third kappa shape index (κ3) is 5.45. The molecule has 0 fully saturated rings. The van der Waals surface area contributed by atoms with Gasteiger partial charge < -0.3 is 15.3 Å². The highest BCUT2D eigenvalue weighted by atomic mass is 19.1. The fourth-order valence-corrected chi connectivity index (χ4v) is 4.04. The summed E-state index contributed by atoms with van der Waals surface area (Å²) in [6.07, 6.45) is 3.64. The van der Waals surface area contributed by atoms with E-state index in [4.69, 9.17) is 0 Å². The molecule has 9 nitrogen and oxygen atoms in total. The first-order valence-electron chi connectivity index (χ1n) is 11.8. The Morgan fingerprint density at radius 2 is 2.00 bits per heavy atom. The van der Waals surface area contributed by atoms with Crippen molar-refractivity contribution in [1.82, 2.24) is 19.9 Å². The lowest BCUT2D eigenvalue weighted by Gasteiger charge is -2.40. The fourth-order valence-electron chi connectivity index (χ4n) is 4.04. The van der Waals surface area contributed by atoms with Gasteiger partial charge in [-0.3, -0.25) is 29.1 Å². The van der Waals surface area contributed by atoms with E-state index in [9.17, 15) is 28.3 Å². The first-order chi connectivity index (χ1) is 17.7. The first kappa shape index (κ1) is 25.8. The Morgan fingerprint density at radius 1 is 1.22 bits per heavy atom. The van der Waals surface area contributed by atoms with Crippen LogP contribution in [-0.2, 0) is 13.1 Å². The van der Waals surface area contributed by atoms with Crippen LogP contribution in [0.4, 0.5) is 8.78 Å². The third-order valence-corrected chi connectivity index (χ3v) is 6.29. The molecule has 0 radical (unpaired) electrons. The molecule has 2 N–H and O–H groups in total. The van der Waals surface area contributed by atoms with Gasteiger partial charge in [-0.2, -0.15) is 0 Å². The molecule has 1 aromatic carbocycles. The van der Waals surface area contributed by atoms with Crippen LogP contribution in [0, 0.1) is 17.6 Å².